The van der Waals surface area contributed by atoms with Crippen molar-refractivity contribution in [2.45, 2.75) is 44.6 Å². The summed E-state index contributed by atoms with van der Waals surface area (Å²) in [6, 6.07) is 10.9. The molecule has 2 aromatic rings. The fourth-order valence-electron chi connectivity index (χ4n) is 2.90. The third kappa shape index (κ3) is 2.38. The number of aromatic nitrogens is 2. The summed E-state index contributed by atoms with van der Waals surface area (Å²) in [5.41, 5.74) is 11.2. The van der Waals surface area contributed by atoms with E-state index in [2.05, 4.69) is 42.4 Å². The van der Waals surface area contributed by atoms with Crippen molar-refractivity contribution in [3.8, 4) is 0 Å². The lowest BCUT2D eigenvalue weighted by Crippen LogP contribution is -2.16. The maximum Gasteiger partial charge on any atom is 0.0723 e. The summed E-state index contributed by atoms with van der Waals surface area (Å²) < 4.78 is 1.91. The number of rotatable bonds is 4. The van der Waals surface area contributed by atoms with Gasteiger partial charge in [-0.1, -0.05) is 37.6 Å². The zero-order chi connectivity index (χ0) is 14.1. The first-order chi connectivity index (χ1) is 9.69. The van der Waals surface area contributed by atoms with Gasteiger partial charge in [-0.15, -0.1) is 0 Å². The molecule has 3 heteroatoms. The number of benzene rings is 1. The Morgan fingerprint density at radius 2 is 2.00 bits per heavy atom. The van der Waals surface area contributed by atoms with Gasteiger partial charge >= 0.3 is 0 Å². The third-order valence-electron chi connectivity index (χ3n) is 4.52. The minimum absolute atomic E-state index is 0.0942. The van der Waals surface area contributed by atoms with Gasteiger partial charge in [-0.2, -0.15) is 5.10 Å². The van der Waals surface area contributed by atoms with E-state index in [1.54, 1.807) is 0 Å². The first-order valence-electron chi connectivity index (χ1n) is 7.57. The van der Waals surface area contributed by atoms with E-state index in [1.807, 2.05) is 11.7 Å². The Kier molecular flexibility index (Phi) is 3.62. The maximum absolute atomic E-state index is 6.40. The molecule has 1 heterocycles. The summed E-state index contributed by atoms with van der Waals surface area (Å²) in [5, 5.41) is 4.48. The van der Waals surface area contributed by atoms with E-state index in [4.69, 9.17) is 5.73 Å². The highest BCUT2D eigenvalue weighted by Gasteiger charge is 2.20. The molecule has 3 rings (SSSR count). The molecule has 1 aromatic heterocycles. The molecule has 0 aliphatic heterocycles. The van der Waals surface area contributed by atoms with Gasteiger partial charge in [-0.25, -0.2) is 0 Å². The van der Waals surface area contributed by atoms with Gasteiger partial charge in [-0.3, -0.25) is 4.68 Å². The average Bonchev–Trinajstić information content (AvgIpc) is 2.78. The van der Waals surface area contributed by atoms with Crippen LogP contribution in [0.4, 0.5) is 0 Å². The zero-order valence-corrected chi connectivity index (χ0v) is 12.3. The molecule has 1 fully saturated rings. The smallest absolute Gasteiger partial charge is 0.0723 e. The molecule has 1 unspecified atom stereocenters. The van der Waals surface area contributed by atoms with E-state index in [0.29, 0.717) is 0 Å². The molecule has 0 bridgehead atoms. The quantitative estimate of drug-likeness (QED) is 0.925. The Balaban J connectivity index is 1.81. The van der Waals surface area contributed by atoms with Crippen LogP contribution in [0.3, 0.4) is 0 Å². The first kappa shape index (κ1) is 13.4. The molecule has 0 saturated heterocycles. The predicted molar refractivity (Wildman–Crippen MR) is 81.7 cm³/mol. The summed E-state index contributed by atoms with van der Waals surface area (Å²) in [6.45, 7) is 2.12. The van der Waals surface area contributed by atoms with Crippen molar-refractivity contribution in [3.63, 3.8) is 0 Å². The fourth-order valence-corrected chi connectivity index (χ4v) is 2.90. The Morgan fingerprint density at radius 1 is 1.30 bits per heavy atom. The van der Waals surface area contributed by atoms with Crippen molar-refractivity contribution in [1.29, 1.82) is 0 Å². The normalized spacial score (nSPS) is 16.9. The average molecular weight is 269 g/mol. The molecule has 1 saturated carbocycles. The van der Waals surface area contributed by atoms with Crippen LogP contribution in [0.5, 0.6) is 0 Å². The Labute approximate surface area is 120 Å². The molecule has 20 heavy (non-hydrogen) atoms. The topological polar surface area (TPSA) is 43.8 Å². The van der Waals surface area contributed by atoms with Crippen LogP contribution in [0.2, 0.25) is 0 Å². The van der Waals surface area contributed by atoms with Crippen molar-refractivity contribution in [2.24, 2.45) is 12.8 Å². The van der Waals surface area contributed by atoms with E-state index in [0.717, 1.165) is 23.7 Å². The third-order valence-corrected chi connectivity index (χ3v) is 4.52. The van der Waals surface area contributed by atoms with Crippen LogP contribution >= 0.6 is 0 Å². The van der Waals surface area contributed by atoms with E-state index >= 15 is 0 Å². The molecular weight excluding hydrogens is 246 g/mol. The molecular formula is C17H23N3. The molecule has 1 aliphatic carbocycles. The van der Waals surface area contributed by atoms with E-state index < -0.39 is 0 Å². The zero-order valence-electron chi connectivity index (χ0n) is 12.3. The standard InChI is InChI=1S/C17H23N3/c1-3-15-11-16(20(2)19-15)17(18)14-9-7-13(8-10-14)12-5-4-6-12/h7-12,17H,3-6,18H2,1-2H3. The lowest BCUT2D eigenvalue weighted by Gasteiger charge is -2.26. The van der Waals surface area contributed by atoms with E-state index in [1.165, 1.54) is 30.4 Å². The van der Waals surface area contributed by atoms with Crippen LogP contribution in [0, 0.1) is 0 Å². The molecule has 3 nitrogen and oxygen atoms in total. The van der Waals surface area contributed by atoms with Crippen LogP contribution in [0.15, 0.2) is 30.3 Å². The second-order valence-corrected chi connectivity index (χ2v) is 5.81. The van der Waals surface area contributed by atoms with Crippen LogP contribution in [-0.4, -0.2) is 9.78 Å². The van der Waals surface area contributed by atoms with Crippen molar-refractivity contribution in [1.82, 2.24) is 9.78 Å². The Hall–Kier alpha value is -1.61. The summed E-state index contributed by atoms with van der Waals surface area (Å²) in [6.07, 6.45) is 5.00. The van der Waals surface area contributed by atoms with Crippen molar-refractivity contribution in [2.75, 3.05) is 0 Å². The van der Waals surface area contributed by atoms with Crippen LogP contribution in [-0.2, 0) is 13.5 Å². The SMILES string of the molecule is CCc1cc(C(N)c2ccc(C3CCC3)cc2)n(C)n1. The highest BCUT2D eigenvalue weighted by molar-refractivity contribution is 5.33. The largest absolute Gasteiger partial charge is 0.319 e. The first-order valence-corrected chi connectivity index (χ1v) is 7.57. The molecule has 1 aliphatic rings. The van der Waals surface area contributed by atoms with Gasteiger partial charge in [0.05, 0.1) is 17.4 Å². The van der Waals surface area contributed by atoms with Gasteiger partial charge in [-0.05, 0) is 42.4 Å². The van der Waals surface area contributed by atoms with Crippen molar-refractivity contribution in [3.05, 3.63) is 52.8 Å². The predicted octanol–water partition coefficient (Wildman–Crippen LogP) is 3.30. The minimum atomic E-state index is -0.0942. The maximum atomic E-state index is 6.40. The van der Waals surface area contributed by atoms with E-state index in [-0.39, 0.29) is 6.04 Å². The summed E-state index contributed by atoms with van der Waals surface area (Å²) >= 11 is 0. The van der Waals surface area contributed by atoms with Gasteiger partial charge in [0, 0.05) is 7.05 Å². The minimum Gasteiger partial charge on any atom is -0.319 e. The van der Waals surface area contributed by atoms with Gasteiger partial charge in [0.25, 0.3) is 0 Å². The summed E-state index contributed by atoms with van der Waals surface area (Å²) in [4.78, 5) is 0. The number of nitrogens with zero attached hydrogens (tertiary/aromatic N) is 2. The molecule has 106 valence electrons. The molecule has 2 N–H and O–H groups in total. The van der Waals surface area contributed by atoms with Gasteiger partial charge in [0.1, 0.15) is 0 Å². The highest BCUT2D eigenvalue weighted by atomic mass is 15.3. The number of aryl methyl sites for hydroxylation is 2. The lowest BCUT2D eigenvalue weighted by atomic mass is 9.80. The Bertz CT molecular complexity index is 579. The van der Waals surface area contributed by atoms with Crippen LogP contribution < -0.4 is 5.73 Å². The van der Waals surface area contributed by atoms with Crippen LogP contribution in [0.1, 0.15) is 60.7 Å². The van der Waals surface area contributed by atoms with Gasteiger partial charge < -0.3 is 5.73 Å². The fraction of sp³-hybridized carbons (Fsp3) is 0.471. The van der Waals surface area contributed by atoms with Gasteiger partial charge in [0.2, 0.25) is 0 Å². The summed E-state index contributed by atoms with van der Waals surface area (Å²) in [7, 11) is 1.97. The molecule has 0 radical (unpaired) electrons. The van der Waals surface area contributed by atoms with E-state index in [9.17, 15) is 0 Å². The second kappa shape index (κ2) is 5.41. The van der Waals surface area contributed by atoms with Gasteiger partial charge in [0.15, 0.2) is 0 Å². The second-order valence-electron chi connectivity index (χ2n) is 5.81. The lowest BCUT2D eigenvalue weighted by molar-refractivity contribution is 0.419. The number of hydrogen-bond acceptors (Lipinski definition) is 2. The van der Waals surface area contributed by atoms with Crippen LogP contribution in [0.25, 0.3) is 0 Å². The highest BCUT2D eigenvalue weighted by Crippen LogP contribution is 2.36. The molecule has 1 aromatic carbocycles. The number of nitrogens with two attached hydrogens (primary N) is 1. The molecule has 0 amide bonds. The summed E-state index contributed by atoms with van der Waals surface area (Å²) in [5.74, 6) is 0.781. The van der Waals surface area contributed by atoms with Crippen molar-refractivity contribution < 1.29 is 0 Å². The molecule has 0 spiro atoms. The monoisotopic (exact) mass is 269 g/mol. The number of hydrogen-bond donors (Lipinski definition) is 1. The van der Waals surface area contributed by atoms with Crippen molar-refractivity contribution >= 4 is 0 Å². The molecule has 1 atom stereocenters. The Morgan fingerprint density at radius 3 is 2.50 bits per heavy atom.